The molecular weight excluding hydrogens is 284 g/mol. The van der Waals surface area contributed by atoms with Crippen LogP contribution in [0, 0.1) is 23.7 Å². The SMILES string of the molecule is C=C(C)C(=O)OC1(CCCCCCC)C2CC3CC(C2)CC1C3. The number of rotatable bonds is 8. The van der Waals surface area contributed by atoms with Crippen LogP contribution in [0.4, 0.5) is 0 Å². The van der Waals surface area contributed by atoms with Crippen molar-refractivity contribution in [3.8, 4) is 0 Å². The third kappa shape index (κ3) is 3.37. The fraction of sp³-hybridized carbons (Fsp3) is 0.857. The number of esters is 1. The van der Waals surface area contributed by atoms with Crippen LogP contribution < -0.4 is 0 Å². The lowest BCUT2D eigenvalue weighted by Crippen LogP contribution is -2.59. The number of carbonyl (C=O) groups excluding carboxylic acids is 1. The molecule has 0 N–H and O–H groups in total. The van der Waals surface area contributed by atoms with Gasteiger partial charge < -0.3 is 4.74 Å². The van der Waals surface area contributed by atoms with E-state index in [0.29, 0.717) is 17.4 Å². The minimum absolute atomic E-state index is 0.147. The van der Waals surface area contributed by atoms with Gasteiger partial charge in [0.25, 0.3) is 0 Å². The predicted molar refractivity (Wildman–Crippen MR) is 94.1 cm³/mol. The van der Waals surface area contributed by atoms with Gasteiger partial charge in [-0.3, -0.25) is 0 Å². The van der Waals surface area contributed by atoms with E-state index in [-0.39, 0.29) is 11.6 Å². The number of hydrogen-bond donors (Lipinski definition) is 0. The molecular formula is C21H34O2. The van der Waals surface area contributed by atoms with Gasteiger partial charge in [-0.05, 0) is 75.5 Å². The van der Waals surface area contributed by atoms with E-state index in [2.05, 4.69) is 13.5 Å². The van der Waals surface area contributed by atoms with Crippen LogP contribution in [-0.2, 0) is 9.53 Å². The van der Waals surface area contributed by atoms with E-state index in [1.807, 2.05) is 0 Å². The molecule has 4 aliphatic rings. The number of hydrogen-bond acceptors (Lipinski definition) is 2. The molecule has 0 aromatic carbocycles. The maximum Gasteiger partial charge on any atom is 0.333 e. The number of unbranched alkanes of at least 4 members (excludes halogenated alkanes) is 4. The van der Waals surface area contributed by atoms with Crippen molar-refractivity contribution in [2.75, 3.05) is 0 Å². The third-order valence-corrected chi connectivity index (χ3v) is 6.82. The van der Waals surface area contributed by atoms with Crippen LogP contribution in [0.15, 0.2) is 12.2 Å². The van der Waals surface area contributed by atoms with Crippen LogP contribution in [0.5, 0.6) is 0 Å². The smallest absolute Gasteiger partial charge is 0.333 e. The maximum absolute atomic E-state index is 12.4. The van der Waals surface area contributed by atoms with Gasteiger partial charge in [-0.15, -0.1) is 0 Å². The predicted octanol–water partition coefficient (Wildman–Crippen LogP) is 5.66. The Kier molecular flexibility index (Phi) is 5.18. The summed E-state index contributed by atoms with van der Waals surface area (Å²) in [5.74, 6) is 2.91. The first-order valence-corrected chi connectivity index (χ1v) is 9.94. The molecule has 0 unspecified atom stereocenters. The summed E-state index contributed by atoms with van der Waals surface area (Å²) in [6, 6.07) is 0. The highest BCUT2D eigenvalue weighted by Gasteiger charge is 2.59. The molecule has 0 saturated heterocycles. The van der Waals surface area contributed by atoms with Crippen LogP contribution >= 0.6 is 0 Å². The van der Waals surface area contributed by atoms with Crippen LogP contribution in [0.1, 0.15) is 84.5 Å². The van der Waals surface area contributed by atoms with E-state index in [1.54, 1.807) is 6.92 Å². The highest BCUT2D eigenvalue weighted by molar-refractivity contribution is 5.87. The standard InChI is InChI=1S/C21H34O2/c1-4-5-6-7-8-9-21(23-20(22)15(2)3)18-11-16-10-17(13-18)14-19(21)12-16/h16-19H,2,4-14H2,1,3H3. The molecule has 4 rings (SSSR count). The van der Waals surface area contributed by atoms with Gasteiger partial charge in [0.1, 0.15) is 5.60 Å². The largest absolute Gasteiger partial charge is 0.455 e. The lowest BCUT2D eigenvalue weighted by Gasteiger charge is -2.60. The zero-order chi connectivity index (χ0) is 16.4. The van der Waals surface area contributed by atoms with E-state index in [9.17, 15) is 4.79 Å². The molecule has 0 amide bonds. The van der Waals surface area contributed by atoms with Gasteiger partial charge in [0.2, 0.25) is 0 Å². The molecule has 4 fully saturated rings. The maximum atomic E-state index is 12.4. The molecule has 2 heteroatoms. The van der Waals surface area contributed by atoms with E-state index in [4.69, 9.17) is 4.74 Å². The molecule has 0 heterocycles. The van der Waals surface area contributed by atoms with E-state index < -0.39 is 0 Å². The van der Waals surface area contributed by atoms with Crippen LogP contribution in [-0.4, -0.2) is 11.6 Å². The Morgan fingerprint density at radius 3 is 2.09 bits per heavy atom. The summed E-state index contributed by atoms with van der Waals surface area (Å²) in [6.07, 6.45) is 14.1. The molecule has 2 nitrogen and oxygen atoms in total. The summed E-state index contributed by atoms with van der Waals surface area (Å²) < 4.78 is 6.24. The number of carbonyl (C=O) groups is 1. The summed E-state index contributed by atoms with van der Waals surface area (Å²) >= 11 is 0. The highest BCUT2D eigenvalue weighted by atomic mass is 16.6. The first-order chi connectivity index (χ1) is 11.0. The van der Waals surface area contributed by atoms with Crippen molar-refractivity contribution >= 4 is 5.97 Å². The highest BCUT2D eigenvalue weighted by Crippen LogP contribution is 2.61. The monoisotopic (exact) mass is 318 g/mol. The Balaban J connectivity index is 1.71. The summed E-state index contributed by atoms with van der Waals surface area (Å²) in [6.45, 7) is 7.86. The van der Waals surface area contributed by atoms with E-state index in [0.717, 1.165) is 18.3 Å². The van der Waals surface area contributed by atoms with Gasteiger partial charge in [-0.1, -0.05) is 39.2 Å². The second-order valence-electron chi connectivity index (χ2n) is 8.59. The quantitative estimate of drug-likeness (QED) is 0.328. The van der Waals surface area contributed by atoms with Crippen molar-refractivity contribution in [3.05, 3.63) is 12.2 Å². The second kappa shape index (κ2) is 6.99. The normalized spacial score (nSPS) is 37.8. The first-order valence-electron chi connectivity index (χ1n) is 9.94. The van der Waals surface area contributed by atoms with Crippen molar-refractivity contribution in [1.82, 2.24) is 0 Å². The van der Waals surface area contributed by atoms with Crippen LogP contribution in [0.2, 0.25) is 0 Å². The van der Waals surface area contributed by atoms with Crippen molar-refractivity contribution in [2.45, 2.75) is 90.1 Å². The van der Waals surface area contributed by atoms with Crippen LogP contribution in [0.25, 0.3) is 0 Å². The molecule has 4 bridgehead atoms. The molecule has 4 saturated carbocycles. The lowest BCUT2D eigenvalue weighted by atomic mass is 9.49. The van der Waals surface area contributed by atoms with Crippen molar-refractivity contribution in [1.29, 1.82) is 0 Å². The molecule has 130 valence electrons. The van der Waals surface area contributed by atoms with E-state index >= 15 is 0 Å². The van der Waals surface area contributed by atoms with E-state index in [1.165, 1.54) is 64.2 Å². The van der Waals surface area contributed by atoms with Crippen molar-refractivity contribution in [3.63, 3.8) is 0 Å². The molecule has 0 aliphatic heterocycles. The Labute approximate surface area is 142 Å². The number of ether oxygens (including phenoxy) is 1. The average molecular weight is 319 g/mol. The summed E-state index contributed by atoms with van der Waals surface area (Å²) in [4.78, 5) is 12.4. The Morgan fingerprint density at radius 2 is 1.57 bits per heavy atom. The second-order valence-corrected chi connectivity index (χ2v) is 8.59. The van der Waals surface area contributed by atoms with Gasteiger partial charge in [0.15, 0.2) is 0 Å². The van der Waals surface area contributed by atoms with Crippen molar-refractivity contribution in [2.24, 2.45) is 23.7 Å². The topological polar surface area (TPSA) is 26.3 Å². The zero-order valence-corrected chi connectivity index (χ0v) is 15.1. The van der Waals surface area contributed by atoms with Crippen molar-refractivity contribution < 1.29 is 9.53 Å². The Morgan fingerprint density at radius 1 is 1.00 bits per heavy atom. The Bertz CT molecular complexity index is 423. The summed E-state index contributed by atoms with van der Waals surface area (Å²) in [5.41, 5.74) is 0.402. The fourth-order valence-electron chi connectivity index (χ4n) is 5.87. The van der Waals surface area contributed by atoms with Gasteiger partial charge in [0, 0.05) is 5.57 Å². The molecule has 0 radical (unpaired) electrons. The van der Waals surface area contributed by atoms with Gasteiger partial charge in [-0.2, -0.15) is 0 Å². The molecule has 0 spiro atoms. The fourth-order valence-corrected chi connectivity index (χ4v) is 5.87. The summed E-state index contributed by atoms with van der Waals surface area (Å²) in [7, 11) is 0. The molecule has 23 heavy (non-hydrogen) atoms. The summed E-state index contributed by atoms with van der Waals surface area (Å²) in [5, 5.41) is 0. The Hall–Kier alpha value is -0.790. The third-order valence-electron chi connectivity index (χ3n) is 6.82. The minimum Gasteiger partial charge on any atom is -0.455 e. The van der Waals surface area contributed by atoms with Crippen LogP contribution in [0.3, 0.4) is 0 Å². The van der Waals surface area contributed by atoms with Gasteiger partial charge in [-0.25, -0.2) is 4.79 Å². The first kappa shape index (κ1) is 17.0. The zero-order valence-electron chi connectivity index (χ0n) is 15.1. The molecule has 0 aromatic rings. The molecule has 0 aromatic heterocycles. The van der Waals surface area contributed by atoms with Gasteiger partial charge >= 0.3 is 5.97 Å². The molecule has 4 aliphatic carbocycles. The van der Waals surface area contributed by atoms with Gasteiger partial charge in [0.05, 0.1) is 0 Å². The molecule has 0 atom stereocenters. The average Bonchev–Trinajstić information content (AvgIpc) is 2.51. The minimum atomic E-state index is -0.157. The lowest BCUT2D eigenvalue weighted by molar-refractivity contribution is -0.209.